The van der Waals surface area contributed by atoms with E-state index in [9.17, 15) is 5.11 Å². The van der Waals surface area contributed by atoms with E-state index in [0.29, 0.717) is 35.8 Å². The Labute approximate surface area is 113 Å². The smallest absolute Gasteiger partial charge is 0.133 e. The molecule has 1 aromatic heterocycles. The summed E-state index contributed by atoms with van der Waals surface area (Å²) in [5.41, 5.74) is 0.379. The van der Waals surface area contributed by atoms with Crippen LogP contribution in [0.3, 0.4) is 0 Å². The second-order valence-electron chi connectivity index (χ2n) is 6.25. The van der Waals surface area contributed by atoms with Crippen molar-refractivity contribution in [3.8, 4) is 0 Å². The van der Waals surface area contributed by atoms with E-state index in [-0.39, 0.29) is 0 Å². The highest BCUT2D eigenvalue weighted by Gasteiger charge is 2.66. The second-order valence-corrected chi connectivity index (χ2v) is 6.25. The van der Waals surface area contributed by atoms with Gasteiger partial charge in [-0.25, -0.2) is 0 Å². The van der Waals surface area contributed by atoms with Crippen LogP contribution in [-0.2, 0) is 4.74 Å². The van der Waals surface area contributed by atoms with Gasteiger partial charge < -0.3 is 19.6 Å². The van der Waals surface area contributed by atoms with Crippen molar-refractivity contribution in [2.75, 3.05) is 13.2 Å². The van der Waals surface area contributed by atoms with Gasteiger partial charge >= 0.3 is 0 Å². The monoisotopic (exact) mass is 263 g/mol. The average molecular weight is 263 g/mol. The van der Waals surface area contributed by atoms with Crippen LogP contribution < -0.4 is 5.32 Å². The van der Waals surface area contributed by atoms with E-state index < -0.39 is 6.10 Å². The van der Waals surface area contributed by atoms with Crippen LogP contribution in [0.15, 0.2) is 22.8 Å². The summed E-state index contributed by atoms with van der Waals surface area (Å²) < 4.78 is 11.1. The van der Waals surface area contributed by atoms with Gasteiger partial charge in [-0.15, -0.1) is 0 Å². The lowest BCUT2D eigenvalue weighted by molar-refractivity contribution is -0.177. The fourth-order valence-corrected chi connectivity index (χ4v) is 4.38. The number of aliphatic hydroxyl groups is 1. The lowest BCUT2D eigenvalue weighted by Gasteiger charge is -2.63. The molecule has 2 heterocycles. The Hall–Kier alpha value is -0.840. The van der Waals surface area contributed by atoms with Crippen LogP contribution in [0.4, 0.5) is 0 Å². The summed E-state index contributed by atoms with van der Waals surface area (Å²) in [4.78, 5) is 0. The first-order valence-corrected chi connectivity index (χ1v) is 7.38. The molecule has 4 atom stereocenters. The Morgan fingerprint density at radius 1 is 1.47 bits per heavy atom. The molecule has 3 aliphatic rings. The Kier molecular flexibility index (Phi) is 2.72. The minimum absolute atomic E-state index is 0.379. The summed E-state index contributed by atoms with van der Waals surface area (Å²) in [6.45, 7) is 1.49. The molecular weight excluding hydrogens is 242 g/mol. The minimum Gasteiger partial charge on any atom is -0.467 e. The summed E-state index contributed by atoms with van der Waals surface area (Å²) in [7, 11) is 0. The quantitative estimate of drug-likeness (QED) is 0.870. The third-order valence-electron chi connectivity index (χ3n) is 5.44. The number of fused-ring (bicyclic) bond motifs is 2. The van der Waals surface area contributed by atoms with Crippen LogP contribution in [-0.4, -0.2) is 30.4 Å². The second kappa shape index (κ2) is 4.33. The first-order chi connectivity index (χ1) is 9.31. The number of aliphatic hydroxyl groups excluding tert-OH is 1. The Balaban J connectivity index is 1.40. The number of rotatable bonds is 4. The predicted octanol–water partition coefficient (Wildman–Crippen LogP) is 1.86. The highest BCUT2D eigenvalue weighted by Crippen LogP contribution is 2.62. The van der Waals surface area contributed by atoms with Crippen molar-refractivity contribution in [3.63, 3.8) is 0 Å². The molecule has 4 nitrogen and oxygen atoms in total. The summed E-state index contributed by atoms with van der Waals surface area (Å²) in [6, 6.07) is 4.17. The molecule has 104 valence electrons. The molecule has 0 aromatic carbocycles. The van der Waals surface area contributed by atoms with Crippen molar-refractivity contribution in [1.82, 2.24) is 5.32 Å². The van der Waals surface area contributed by atoms with Gasteiger partial charge in [0.2, 0.25) is 0 Å². The summed E-state index contributed by atoms with van der Waals surface area (Å²) in [6.07, 6.45) is 6.60. The van der Waals surface area contributed by atoms with Gasteiger partial charge in [0.25, 0.3) is 0 Å². The van der Waals surface area contributed by atoms with Gasteiger partial charge in [0, 0.05) is 30.5 Å². The molecule has 1 saturated heterocycles. The molecule has 2 saturated carbocycles. The van der Waals surface area contributed by atoms with Crippen molar-refractivity contribution in [3.05, 3.63) is 24.2 Å². The SMILES string of the molecule is O[C@H](CN[C@@H]1[C@H]2CCO[C@H]2C12CCC2)c1ccco1. The zero-order valence-electron chi connectivity index (χ0n) is 11.0. The lowest BCUT2D eigenvalue weighted by atomic mass is 9.46. The van der Waals surface area contributed by atoms with Gasteiger partial charge in [-0.3, -0.25) is 0 Å². The minimum atomic E-state index is -0.548. The molecule has 0 amide bonds. The third kappa shape index (κ3) is 1.63. The number of nitrogens with one attached hydrogen (secondary N) is 1. The molecule has 0 radical (unpaired) electrons. The summed E-state index contributed by atoms with van der Waals surface area (Å²) in [5, 5.41) is 13.7. The molecule has 19 heavy (non-hydrogen) atoms. The number of furan rings is 1. The van der Waals surface area contributed by atoms with E-state index in [2.05, 4.69) is 5.32 Å². The first-order valence-electron chi connectivity index (χ1n) is 7.38. The van der Waals surface area contributed by atoms with Gasteiger partial charge in [-0.1, -0.05) is 6.42 Å². The topological polar surface area (TPSA) is 54.6 Å². The standard InChI is InChI=1S/C15H21NO3/c17-11(12-3-1-7-18-12)9-16-13-10-4-8-19-14(10)15(13)5-2-6-15/h1,3,7,10-11,13-14,16-17H,2,4-6,8-9H2/t10-,11-,13-,14-/m1/s1. The van der Waals surface area contributed by atoms with Crippen LogP contribution in [0, 0.1) is 11.3 Å². The fourth-order valence-electron chi connectivity index (χ4n) is 4.38. The molecule has 2 N–H and O–H groups in total. The summed E-state index contributed by atoms with van der Waals surface area (Å²) >= 11 is 0. The maximum Gasteiger partial charge on any atom is 0.133 e. The van der Waals surface area contributed by atoms with Gasteiger partial charge in [-0.05, 0) is 31.4 Å². The molecule has 2 aliphatic carbocycles. The van der Waals surface area contributed by atoms with Gasteiger partial charge in [0.05, 0.1) is 12.4 Å². The Bertz CT molecular complexity index is 440. The molecular formula is C15H21NO3. The lowest BCUT2D eigenvalue weighted by Crippen LogP contribution is -2.71. The summed E-state index contributed by atoms with van der Waals surface area (Å²) in [5.74, 6) is 1.30. The van der Waals surface area contributed by atoms with Crippen LogP contribution in [0.2, 0.25) is 0 Å². The third-order valence-corrected chi connectivity index (χ3v) is 5.44. The molecule has 4 heteroatoms. The van der Waals surface area contributed by atoms with Crippen LogP contribution >= 0.6 is 0 Å². The zero-order chi connectivity index (χ0) is 12.9. The number of hydrogen-bond acceptors (Lipinski definition) is 4. The average Bonchev–Trinajstić information content (AvgIpc) is 2.97. The fraction of sp³-hybridized carbons (Fsp3) is 0.733. The normalized spacial score (nSPS) is 36.6. The molecule has 0 unspecified atom stereocenters. The van der Waals surface area contributed by atoms with Gasteiger partial charge in [0.1, 0.15) is 11.9 Å². The Morgan fingerprint density at radius 2 is 2.37 bits per heavy atom. The maximum absolute atomic E-state index is 10.1. The molecule has 3 fully saturated rings. The van der Waals surface area contributed by atoms with Crippen molar-refractivity contribution < 1.29 is 14.3 Å². The van der Waals surface area contributed by atoms with Crippen LogP contribution in [0.5, 0.6) is 0 Å². The largest absolute Gasteiger partial charge is 0.467 e. The van der Waals surface area contributed by atoms with Gasteiger partial charge in [-0.2, -0.15) is 0 Å². The molecule has 0 bridgehead atoms. The molecule has 4 rings (SSSR count). The van der Waals surface area contributed by atoms with E-state index >= 15 is 0 Å². The van der Waals surface area contributed by atoms with Crippen molar-refractivity contribution in [2.24, 2.45) is 11.3 Å². The van der Waals surface area contributed by atoms with Crippen molar-refractivity contribution >= 4 is 0 Å². The molecule has 1 aliphatic heterocycles. The maximum atomic E-state index is 10.1. The first kappa shape index (κ1) is 11.9. The van der Waals surface area contributed by atoms with E-state index in [1.807, 2.05) is 12.1 Å². The van der Waals surface area contributed by atoms with Gasteiger partial charge in [0.15, 0.2) is 0 Å². The van der Waals surface area contributed by atoms with Crippen LogP contribution in [0.25, 0.3) is 0 Å². The van der Waals surface area contributed by atoms with E-state index in [1.165, 1.54) is 25.7 Å². The van der Waals surface area contributed by atoms with Crippen molar-refractivity contribution in [2.45, 2.75) is 43.9 Å². The number of hydrogen-bond donors (Lipinski definition) is 2. The Morgan fingerprint density at radius 3 is 3.05 bits per heavy atom. The van der Waals surface area contributed by atoms with Crippen molar-refractivity contribution in [1.29, 1.82) is 0 Å². The zero-order valence-corrected chi connectivity index (χ0v) is 11.0. The molecule has 1 spiro atoms. The van der Waals surface area contributed by atoms with E-state index in [4.69, 9.17) is 9.15 Å². The van der Waals surface area contributed by atoms with Crippen LogP contribution in [0.1, 0.15) is 37.5 Å². The molecule has 1 aromatic rings. The van der Waals surface area contributed by atoms with E-state index in [0.717, 1.165) is 6.61 Å². The highest BCUT2D eigenvalue weighted by molar-refractivity contribution is 5.18. The predicted molar refractivity (Wildman–Crippen MR) is 69.6 cm³/mol. The van der Waals surface area contributed by atoms with E-state index in [1.54, 1.807) is 6.26 Å². The number of ether oxygens (including phenoxy) is 1. The highest BCUT2D eigenvalue weighted by atomic mass is 16.5.